The first kappa shape index (κ1) is 12.6. The molecular weight excluding hydrogens is 228 g/mol. The largest absolute Gasteiger partial charge is 0.390 e. The molecule has 3 heteroatoms. The highest BCUT2D eigenvalue weighted by Crippen LogP contribution is 2.60. The predicted molar refractivity (Wildman–Crippen MR) is 68.1 cm³/mol. The molecule has 0 spiro atoms. The molecule has 1 saturated carbocycles. The molecule has 3 aliphatic rings. The molecule has 3 rings (SSSR count). The summed E-state index contributed by atoms with van der Waals surface area (Å²) in [6, 6.07) is 0. The molecule has 18 heavy (non-hydrogen) atoms. The number of hydrogen-bond donors (Lipinski definition) is 1. The highest BCUT2D eigenvalue weighted by molar-refractivity contribution is 5.91. The van der Waals surface area contributed by atoms with Crippen molar-refractivity contribution < 1.29 is 14.6 Å². The van der Waals surface area contributed by atoms with E-state index in [4.69, 9.17) is 4.74 Å². The second-order valence-corrected chi connectivity index (χ2v) is 7.10. The number of aliphatic hydroxyl groups is 1. The van der Waals surface area contributed by atoms with Gasteiger partial charge in [0, 0.05) is 12.3 Å². The smallest absolute Gasteiger partial charge is 0.167 e. The molecule has 0 aromatic heterocycles. The maximum Gasteiger partial charge on any atom is 0.167 e. The van der Waals surface area contributed by atoms with Crippen molar-refractivity contribution >= 4 is 5.78 Å². The summed E-state index contributed by atoms with van der Waals surface area (Å²) in [6.07, 6.45) is 2.02. The zero-order chi connectivity index (χ0) is 13.3. The Hall–Kier alpha value is -0.410. The quantitative estimate of drug-likeness (QED) is 0.778. The number of fused-ring (bicyclic) bond motifs is 4. The molecule has 3 nitrogen and oxygen atoms in total. The minimum absolute atomic E-state index is 0.173. The van der Waals surface area contributed by atoms with Crippen LogP contribution in [0.1, 0.15) is 47.0 Å². The van der Waals surface area contributed by atoms with Crippen LogP contribution in [-0.2, 0) is 9.53 Å². The van der Waals surface area contributed by atoms with E-state index in [2.05, 4.69) is 20.8 Å². The van der Waals surface area contributed by atoms with Gasteiger partial charge in [0.25, 0.3) is 0 Å². The zero-order valence-corrected chi connectivity index (χ0v) is 11.8. The molecular formula is C15H24O3. The van der Waals surface area contributed by atoms with Crippen molar-refractivity contribution in [3.8, 4) is 0 Å². The van der Waals surface area contributed by atoms with Gasteiger partial charge in [0.15, 0.2) is 5.78 Å². The standard InChI is InChI=1S/C15H24O3/c1-8(2)15-7-11(16)14(4,18-15)10-6-5-9(3)12(10)13(15)17/h8-10,12-13,17H,5-7H2,1-4H3. The Labute approximate surface area is 109 Å². The summed E-state index contributed by atoms with van der Waals surface area (Å²) >= 11 is 0. The number of carbonyl (C=O) groups is 1. The first-order valence-corrected chi connectivity index (χ1v) is 7.24. The van der Waals surface area contributed by atoms with Gasteiger partial charge in [-0.05, 0) is 37.5 Å². The molecule has 2 aliphatic heterocycles. The summed E-state index contributed by atoms with van der Waals surface area (Å²) in [7, 11) is 0. The lowest BCUT2D eigenvalue weighted by Gasteiger charge is -2.50. The molecule has 0 aromatic rings. The minimum atomic E-state index is -0.640. The van der Waals surface area contributed by atoms with Crippen LogP contribution in [0.25, 0.3) is 0 Å². The fourth-order valence-corrected chi connectivity index (χ4v) is 4.75. The number of rotatable bonds is 1. The Morgan fingerprint density at radius 2 is 2.06 bits per heavy atom. The highest BCUT2D eigenvalue weighted by atomic mass is 16.6. The fraction of sp³-hybridized carbons (Fsp3) is 0.933. The Kier molecular flexibility index (Phi) is 2.50. The van der Waals surface area contributed by atoms with Crippen molar-refractivity contribution in [3.05, 3.63) is 0 Å². The zero-order valence-electron chi connectivity index (χ0n) is 11.8. The highest BCUT2D eigenvalue weighted by Gasteiger charge is 2.69. The minimum Gasteiger partial charge on any atom is -0.390 e. The lowest BCUT2D eigenvalue weighted by Crippen LogP contribution is -2.60. The first-order chi connectivity index (χ1) is 8.33. The van der Waals surface area contributed by atoms with E-state index >= 15 is 0 Å². The van der Waals surface area contributed by atoms with Crippen LogP contribution in [0, 0.1) is 23.7 Å². The van der Waals surface area contributed by atoms with Gasteiger partial charge in [-0.25, -0.2) is 0 Å². The van der Waals surface area contributed by atoms with Gasteiger partial charge in [-0.1, -0.05) is 20.8 Å². The lowest BCUT2D eigenvalue weighted by molar-refractivity contribution is -0.248. The van der Waals surface area contributed by atoms with Crippen LogP contribution in [0.15, 0.2) is 0 Å². The van der Waals surface area contributed by atoms with E-state index in [1.54, 1.807) is 0 Å². The van der Waals surface area contributed by atoms with E-state index in [0.29, 0.717) is 12.3 Å². The van der Waals surface area contributed by atoms with Gasteiger partial charge in [0.05, 0.1) is 6.10 Å². The van der Waals surface area contributed by atoms with Gasteiger partial charge < -0.3 is 9.84 Å². The molecule has 0 radical (unpaired) electrons. The summed E-state index contributed by atoms with van der Waals surface area (Å²) in [5.74, 6) is 1.32. The molecule has 6 unspecified atom stereocenters. The van der Waals surface area contributed by atoms with Crippen LogP contribution in [0.5, 0.6) is 0 Å². The molecule has 1 N–H and O–H groups in total. The van der Waals surface area contributed by atoms with Crippen molar-refractivity contribution in [2.45, 2.75) is 64.3 Å². The number of aliphatic hydroxyl groups excluding tert-OH is 1. The molecule has 0 amide bonds. The van der Waals surface area contributed by atoms with Gasteiger partial charge >= 0.3 is 0 Å². The maximum absolute atomic E-state index is 12.4. The van der Waals surface area contributed by atoms with Gasteiger partial charge in [-0.15, -0.1) is 0 Å². The second kappa shape index (κ2) is 3.57. The van der Waals surface area contributed by atoms with Crippen LogP contribution < -0.4 is 0 Å². The number of ether oxygens (including phenoxy) is 1. The van der Waals surface area contributed by atoms with Crippen molar-refractivity contribution in [3.63, 3.8) is 0 Å². The molecule has 2 heterocycles. The summed E-state index contributed by atoms with van der Waals surface area (Å²) in [6.45, 7) is 8.28. The number of carbonyl (C=O) groups excluding carboxylic acids is 1. The van der Waals surface area contributed by atoms with Crippen LogP contribution in [0.4, 0.5) is 0 Å². The lowest BCUT2D eigenvalue weighted by atomic mass is 9.70. The SMILES string of the molecule is CC1CCC2C1C(O)C1(C(C)C)CC(=O)C2(C)O1. The van der Waals surface area contributed by atoms with Crippen molar-refractivity contribution in [2.24, 2.45) is 23.7 Å². The number of ketones is 1. The van der Waals surface area contributed by atoms with E-state index in [9.17, 15) is 9.90 Å². The van der Waals surface area contributed by atoms with E-state index in [-0.39, 0.29) is 23.5 Å². The van der Waals surface area contributed by atoms with E-state index in [1.807, 2.05) is 6.92 Å². The van der Waals surface area contributed by atoms with Gasteiger partial charge in [-0.2, -0.15) is 0 Å². The van der Waals surface area contributed by atoms with Gasteiger partial charge in [0.1, 0.15) is 11.2 Å². The van der Waals surface area contributed by atoms with Crippen LogP contribution in [0.3, 0.4) is 0 Å². The third kappa shape index (κ3) is 1.25. The van der Waals surface area contributed by atoms with Crippen molar-refractivity contribution in [1.29, 1.82) is 0 Å². The van der Waals surface area contributed by atoms with Crippen LogP contribution in [-0.4, -0.2) is 28.2 Å². The summed E-state index contributed by atoms with van der Waals surface area (Å²) in [4.78, 5) is 12.4. The average Bonchev–Trinajstić information content (AvgIpc) is 2.77. The number of Topliss-reactive ketones (excluding diaryl/α,β-unsaturated/α-hetero) is 1. The van der Waals surface area contributed by atoms with E-state index in [0.717, 1.165) is 12.8 Å². The topological polar surface area (TPSA) is 46.5 Å². The van der Waals surface area contributed by atoms with Gasteiger partial charge in [-0.3, -0.25) is 4.79 Å². The van der Waals surface area contributed by atoms with Crippen molar-refractivity contribution in [1.82, 2.24) is 0 Å². The molecule has 2 bridgehead atoms. The Morgan fingerprint density at radius 3 is 2.67 bits per heavy atom. The Bertz CT molecular complexity index is 391. The van der Waals surface area contributed by atoms with Crippen LogP contribution in [0.2, 0.25) is 0 Å². The summed E-state index contributed by atoms with van der Waals surface area (Å²) < 4.78 is 6.22. The normalized spacial score (nSPS) is 55.1. The average molecular weight is 252 g/mol. The molecule has 1 aliphatic carbocycles. The fourth-order valence-electron chi connectivity index (χ4n) is 4.75. The monoisotopic (exact) mass is 252 g/mol. The third-order valence-electron chi connectivity index (χ3n) is 6.00. The van der Waals surface area contributed by atoms with E-state index in [1.165, 1.54) is 0 Å². The van der Waals surface area contributed by atoms with E-state index < -0.39 is 17.3 Å². The molecule has 3 fully saturated rings. The predicted octanol–water partition coefficient (Wildman–Crippen LogP) is 2.17. The molecule has 2 saturated heterocycles. The van der Waals surface area contributed by atoms with Gasteiger partial charge in [0.2, 0.25) is 0 Å². The number of hydrogen-bond acceptors (Lipinski definition) is 3. The molecule has 6 atom stereocenters. The van der Waals surface area contributed by atoms with Crippen molar-refractivity contribution in [2.75, 3.05) is 0 Å². The Morgan fingerprint density at radius 1 is 1.39 bits per heavy atom. The Balaban J connectivity index is 2.10. The van der Waals surface area contributed by atoms with Crippen LogP contribution >= 0.6 is 0 Å². The summed E-state index contributed by atoms with van der Waals surface area (Å²) in [5.41, 5.74) is -1.27. The summed E-state index contributed by atoms with van der Waals surface area (Å²) in [5, 5.41) is 10.8. The second-order valence-electron chi connectivity index (χ2n) is 7.10. The molecule has 0 aromatic carbocycles. The first-order valence-electron chi connectivity index (χ1n) is 7.24. The maximum atomic E-state index is 12.4. The third-order valence-corrected chi connectivity index (χ3v) is 6.00. The molecule has 102 valence electrons.